The molecule has 1 aromatic heterocycles. The van der Waals surface area contributed by atoms with Gasteiger partial charge in [0.15, 0.2) is 5.69 Å². The molecular formula is C11H16N4O4. The molecule has 1 aliphatic rings. The third-order valence-electron chi connectivity index (χ3n) is 3.07. The number of aromatic carboxylic acids is 1. The summed E-state index contributed by atoms with van der Waals surface area (Å²) in [7, 11) is 1.45. The first-order chi connectivity index (χ1) is 9.13. The Morgan fingerprint density at radius 2 is 2.05 bits per heavy atom. The van der Waals surface area contributed by atoms with E-state index in [1.54, 1.807) is 4.90 Å². The Labute approximate surface area is 109 Å². The lowest BCUT2D eigenvalue weighted by Gasteiger charge is -2.15. The lowest BCUT2D eigenvalue weighted by atomic mass is 10.3. The minimum Gasteiger partial charge on any atom is -0.476 e. The summed E-state index contributed by atoms with van der Waals surface area (Å²) in [6.45, 7) is 1.55. The number of hydrogen-bond acceptors (Lipinski definition) is 5. The second kappa shape index (κ2) is 5.79. The highest BCUT2D eigenvalue weighted by Gasteiger charge is 2.23. The molecule has 104 valence electrons. The van der Waals surface area contributed by atoms with Gasteiger partial charge in [0, 0.05) is 20.2 Å². The van der Waals surface area contributed by atoms with Crippen molar-refractivity contribution in [1.29, 1.82) is 0 Å². The van der Waals surface area contributed by atoms with Crippen LogP contribution in [-0.4, -0.2) is 57.1 Å². The molecular weight excluding hydrogens is 252 g/mol. The van der Waals surface area contributed by atoms with E-state index in [9.17, 15) is 9.59 Å². The fourth-order valence-corrected chi connectivity index (χ4v) is 2.10. The van der Waals surface area contributed by atoms with E-state index in [4.69, 9.17) is 9.84 Å². The number of rotatable bonds is 5. The molecule has 0 unspecified atom stereocenters. The van der Waals surface area contributed by atoms with E-state index in [0.29, 0.717) is 5.69 Å². The van der Waals surface area contributed by atoms with Crippen molar-refractivity contribution >= 4 is 11.9 Å². The zero-order valence-electron chi connectivity index (χ0n) is 10.7. The highest BCUT2D eigenvalue weighted by Crippen LogP contribution is 2.11. The van der Waals surface area contributed by atoms with E-state index in [2.05, 4.69) is 10.3 Å². The van der Waals surface area contributed by atoms with Crippen LogP contribution in [0.25, 0.3) is 0 Å². The van der Waals surface area contributed by atoms with Crippen LogP contribution in [0.4, 0.5) is 0 Å². The van der Waals surface area contributed by atoms with Gasteiger partial charge in [-0.25, -0.2) is 9.48 Å². The molecule has 0 aromatic carbocycles. The van der Waals surface area contributed by atoms with Gasteiger partial charge in [0.25, 0.3) is 0 Å². The third-order valence-corrected chi connectivity index (χ3v) is 3.07. The molecule has 1 saturated heterocycles. The van der Waals surface area contributed by atoms with Crippen LogP contribution in [0.2, 0.25) is 0 Å². The summed E-state index contributed by atoms with van der Waals surface area (Å²) in [4.78, 5) is 24.7. The molecule has 0 aliphatic carbocycles. The Hall–Kier alpha value is -1.96. The molecule has 1 amide bonds. The van der Waals surface area contributed by atoms with Crippen molar-refractivity contribution < 1.29 is 19.4 Å². The first-order valence-electron chi connectivity index (χ1n) is 6.06. The maximum absolute atomic E-state index is 12.0. The zero-order valence-corrected chi connectivity index (χ0v) is 10.7. The second-order valence-corrected chi connectivity index (χ2v) is 4.37. The van der Waals surface area contributed by atoms with Crippen molar-refractivity contribution in [3.05, 3.63) is 11.4 Å². The second-order valence-electron chi connectivity index (χ2n) is 4.37. The summed E-state index contributed by atoms with van der Waals surface area (Å²) < 4.78 is 6.23. The Balaban J connectivity index is 2.14. The number of amides is 1. The van der Waals surface area contributed by atoms with Crippen molar-refractivity contribution in [3.63, 3.8) is 0 Å². The van der Waals surface area contributed by atoms with Crippen LogP contribution in [0.1, 0.15) is 29.0 Å². The van der Waals surface area contributed by atoms with E-state index < -0.39 is 5.97 Å². The number of ether oxygens (including phenoxy) is 1. The quantitative estimate of drug-likeness (QED) is 0.790. The Kier molecular flexibility index (Phi) is 4.10. The predicted molar refractivity (Wildman–Crippen MR) is 63.5 cm³/mol. The van der Waals surface area contributed by atoms with Crippen molar-refractivity contribution in [1.82, 2.24) is 19.9 Å². The van der Waals surface area contributed by atoms with Crippen molar-refractivity contribution in [2.45, 2.75) is 26.0 Å². The number of nitrogens with zero attached hydrogens (tertiary/aromatic N) is 4. The molecule has 1 fully saturated rings. The molecule has 0 radical (unpaired) electrons. The largest absolute Gasteiger partial charge is 0.476 e. The maximum Gasteiger partial charge on any atom is 0.358 e. The minimum absolute atomic E-state index is 0.00102. The van der Waals surface area contributed by atoms with Crippen molar-refractivity contribution in [2.75, 3.05) is 20.2 Å². The molecule has 0 spiro atoms. The lowest BCUT2D eigenvalue weighted by molar-refractivity contribution is -0.131. The molecule has 8 nitrogen and oxygen atoms in total. The van der Waals surface area contributed by atoms with E-state index in [1.807, 2.05) is 0 Å². The van der Waals surface area contributed by atoms with Gasteiger partial charge < -0.3 is 14.7 Å². The highest BCUT2D eigenvalue weighted by molar-refractivity contribution is 5.86. The first kappa shape index (κ1) is 13.5. The predicted octanol–water partition coefficient (Wildman–Crippen LogP) is -0.255. The van der Waals surface area contributed by atoms with Gasteiger partial charge in [-0.05, 0) is 12.8 Å². The number of hydrogen-bond donors (Lipinski definition) is 1. The summed E-state index contributed by atoms with van der Waals surface area (Å²) >= 11 is 0. The summed E-state index contributed by atoms with van der Waals surface area (Å²) in [5.74, 6) is -1.25. The Morgan fingerprint density at radius 3 is 2.63 bits per heavy atom. The molecule has 1 N–H and O–H groups in total. The van der Waals surface area contributed by atoms with E-state index in [-0.39, 0.29) is 24.8 Å². The normalized spacial score (nSPS) is 14.9. The molecule has 0 saturated carbocycles. The van der Waals surface area contributed by atoms with Gasteiger partial charge >= 0.3 is 5.97 Å². The maximum atomic E-state index is 12.0. The number of carbonyl (C=O) groups excluding carboxylic acids is 1. The van der Waals surface area contributed by atoms with Crippen molar-refractivity contribution in [3.8, 4) is 0 Å². The molecule has 19 heavy (non-hydrogen) atoms. The monoisotopic (exact) mass is 268 g/mol. The minimum atomic E-state index is -1.17. The van der Waals surface area contributed by atoms with Crippen molar-refractivity contribution in [2.24, 2.45) is 0 Å². The van der Waals surface area contributed by atoms with Crippen LogP contribution in [0.3, 0.4) is 0 Å². The number of carboxylic acids is 1. The van der Waals surface area contributed by atoms with Crippen LogP contribution in [0.15, 0.2) is 0 Å². The molecule has 2 heterocycles. The van der Waals surface area contributed by atoms with Crippen LogP contribution in [-0.2, 0) is 22.7 Å². The molecule has 1 aliphatic heterocycles. The van der Waals surface area contributed by atoms with Gasteiger partial charge in [-0.15, -0.1) is 5.10 Å². The fraction of sp³-hybridized carbons (Fsp3) is 0.636. The average molecular weight is 268 g/mol. The number of methoxy groups -OCH3 is 1. The van der Waals surface area contributed by atoms with Gasteiger partial charge in [0.05, 0.1) is 12.3 Å². The van der Waals surface area contributed by atoms with Gasteiger partial charge in [-0.3, -0.25) is 4.79 Å². The Morgan fingerprint density at radius 1 is 1.37 bits per heavy atom. The van der Waals surface area contributed by atoms with Gasteiger partial charge in [-0.2, -0.15) is 0 Å². The summed E-state index contributed by atoms with van der Waals surface area (Å²) in [5.41, 5.74) is 0.138. The molecule has 1 aromatic rings. The zero-order chi connectivity index (χ0) is 13.8. The van der Waals surface area contributed by atoms with Crippen LogP contribution in [0.5, 0.6) is 0 Å². The van der Waals surface area contributed by atoms with E-state index >= 15 is 0 Å². The smallest absolute Gasteiger partial charge is 0.358 e. The van der Waals surface area contributed by atoms with E-state index in [1.165, 1.54) is 11.8 Å². The summed E-state index contributed by atoms with van der Waals surface area (Å²) in [5, 5.41) is 16.3. The molecule has 8 heteroatoms. The number of carboxylic acid groups (broad SMARTS) is 1. The first-order valence-corrected chi connectivity index (χ1v) is 6.06. The van der Waals surface area contributed by atoms with E-state index in [0.717, 1.165) is 25.9 Å². The summed E-state index contributed by atoms with van der Waals surface area (Å²) in [6.07, 6.45) is 2.02. The SMILES string of the molecule is COCc1c(C(=O)O)nnn1CC(=O)N1CCCC1. The van der Waals surface area contributed by atoms with Gasteiger partial charge in [0.1, 0.15) is 6.54 Å². The Bertz CT molecular complexity index is 479. The summed E-state index contributed by atoms with van der Waals surface area (Å²) in [6, 6.07) is 0. The molecule has 2 rings (SSSR count). The lowest BCUT2D eigenvalue weighted by Crippen LogP contribution is -2.32. The standard InChI is InChI=1S/C11H16N4O4/c1-19-7-8-10(11(17)18)12-13-15(8)6-9(16)14-4-2-3-5-14/h2-7H2,1H3,(H,17,18). The van der Waals surface area contributed by atoms with Gasteiger partial charge in [-0.1, -0.05) is 5.21 Å². The van der Waals surface area contributed by atoms with Crippen LogP contribution >= 0.6 is 0 Å². The topological polar surface area (TPSA) is 97.5 Å². The van der Waals surface area contributed by atoms with Crippen LogP contribution < -0.4 is 0 Å². The third kappa shape index (κ3) is 2.90. The highest BCUT2D eigenvalue weighted by atomic mass is 16.5. The molecule has 0 bridgehead atoms. The van der Waals surface area contributed by atoms with Gasteiger partial charge in [0.2, 0.25) is 5.91 Å². The number of aromatic nitrogens is 3. The fourth-order valence-electron chi connectivity index (χ4n) is 2.10. The average Bonchev–Trinajstić information content (AvgIpc) is 2.99. The number of likely N-dealkylation sites (tertiary alicyclic amines) is 1. The van der Waals surface area contributed by atoms with Crippen LogP contribution in [0, 0.1) is 0 Å². The molecule has 0 atom stereocenters. The number of carbonyl (C=O) groups is 2.